The van der Waals surface area contributed by atoms with E-state index in [0.717, 1.165) is 24.7 Å². The van der Waals surface area contributed by atoms with E-state index in [1.54, 1.807) is 6.33 Å². The summed E-state index contributed by atoms with van der Waals surface area (Å²) < 4.78 is 0. The standard InChI is InChI=1S/C19H28N4/c1-4-5-9-12-20-18-13-19(22-15-21-18)23(16(2)3)14-17-10-7-6-8-11-17/h6-8,10-11,13,15-16H,4-5,9,12,14H2,1-3H3,(H,20,21,22). The molecule has 0 bridgehead atoms. The van der Waals surface area contributed by atoms with Crippen molar-refractivity contribution < 1.29 is 0 Å². The number of nitrogens with zero attached hydrogens (tertiary/aromatic N) is 3. The van der Waals surface area contributed by atoms with Crippen molar-refractivity contribution in [1.29, 1.82) is 0 Å². The lowest BCUT2D eigenvalue weighted by molar-refractivity contribution is 0.671. The minimum Gasteiger partial charge on any atom is -0.370 e. The van der Waals surface area contributed by atoms with Crippen LogP contribution in [0.5, 0.6) is 0 Å². The quantitative estimate of drug-likeness (QED) is 0.692. The number of rotatable bonds is 9. The molecule has 2 rings (SSSR count). The van der Waals surface area contributed by atoms with Crippen molar-refractivity contribution in [1.82, 2.24) is 9.97 Å². The molecule has 1 N–H and O–H groups in total. The Morgan fingerprint density at radius 3 is 2.57 bits per heavy atom. The predicted molar refractivity (Wildman–Crippen MR) is 97.8 cm³/mol. The van der Waals surface area contributed by atoms with Gasteiger partial charge < -0.3 is 10.2 Å². The number of unbranched alkanes of at least 4 members (excludes halogenated alkanes) is 2. The van der Waals surface area contributed by atoms with Crippen LogP contribution in [-0.4, -0.2) is 22.6 Å². The van der Waals surface area contributed by atoms with E-state index in [-0.39, 0.29) is 0 Å². The Bertz CT molecular complexity index is 569. The van der Waals surface area contributed by atoms with Crippen LogP contribution in [-0.2, 0) is 6.54 Å². The SMILES string of the molecule is CCCCCNc1cc(N(Cc2ccccc2)C(C)C)ncn1. The van der Waals surface area contributed by atoms with Crippen molar-refractivity contribution in [2.24, 2.45) is 0 Å². The Morgan fingerprint density at radius 1 is 1.09 bits per heavy atom. The summed E-state index contributed by atoms with van der Waals surface area (Å²) in [4.78, 5) is 11.1. The van der Waals surface area contributed by atoms with Gasteiger partial charge in [-0.3, -0.25) is 0 Å². The minimum atomic E-state index is 0.373. The van der Waals surface area contributed by atoms with Crippen LogP contribution in [0.25, 0.3) is 0 Å². The Balaban J connectivity index is 2.06. The highest BCUT2D eigenvalue weighted by molar-refractivity contribution is 5.49. The first kappa shape index (κ1) is 17.3. The van der Waals surface area contributed by atoms with Gasteiger partial charge in [0.05, 0.1) is 0 Å². The zero-order chi connectivity index (χ0) is 16.5. The van der Waals surface area contributed by atoms with Gasteiger partial charge in [-0.2, -0.15) is 0 Å². The second kappa shape index (κ2) is 9.13. The molecular formula is C19H28N4. The lowest BCUT2D eigenvalue weighted by atomic mass is 10.2. The van der Waals surface area contributed by atoms with E-state index in [1.807, 2.05) is 6.07 Å². The third-order valence-corrected chi connectivity index (χ3v) is 3.85. The summed E-state index contributed by atoms with van der Waals surface area (Å²) >= 11 is 0. The van der Waals surface area contributed by atoms with Crippen molar-refractivity contribution in [3.8, 4) is 0 Å². The normalized spacial score (nSPS) is 10.8. The smallest absolute Gasteiger partial charge is 0.134 e. The number of aromatic nitrogens is 2. The van der Waals surface area contributed by atoms with E-state index in [1.165, 1.54) is 24.8 Å². The molecule has 0 saturated carbocycles. The first-order valence-electron chi connectivity index (χ1n) is 8.57. The van der Waals surface area contributed by atoms with Gasteiger partial charge in [-0.05, 0) is 25.8 Å². The van der Waals surface area contributed by atoms with Crippen LogP contribution in [0.1, 0.15) is 45.6 Å². The van der Waals surface area contributed by atoms with Crippen molar-refractivity contribution in [2.45, 2.75) is 52.6 Å². The number of hydrogen-bond donors (Lipinski definition) is 1. The van der Waals surface area contributed by atoms with Crippen molar-refractivity contribution in [3.63, 3.8) is 0 Å². The highest BCUT2D eigenvalue weighted by Gasteiger charge is 2.13. The Labute approximate surface area is 140 Å². The van der Waals surface area contributed by atoms with Crippen molar-refractivity contribution in [3.05, 3.63) is 48.3 Å². The van der Waals surface area contributed by atoms with Gasteiger partial charge in [-0.15, -0.1) is 0 Å². The van der Waals surface area contributed by atoms with Gasteiger partial charge in [0.1, 0.15) is 18.0 Å². The molecular weight excluding hydrogens is 284 g/mol. The highest BCUT2D eigenvalue weighted by atomic mass is 15.2. The fraction of sp³-hybridized carbons (Fsp3) is 0.474. The van der Waals surface area contributed by atoms with E-state index in [9.17, 15) is 0 Å². The fourth-order valence-corrected chi connectivity index (χ4v) is 2.50. The number of anilines is 2. The Morgan fingerprint density at radius 2 is 1.87 bits per heavy atom. The van der Waals surface area contributed by atoms with Crippen LogP contribution in [0.3, 0.4) is 0 Å². The van der Waals surface area contributed by atoms with Crippen LogP contribution in [0.15, 0.2) is 42.7 Å². The number of hydrogen-bond acceptors (Lipinski definition) is 4. The lowest BCUT2D eigenvalue weighted by Gasteiger charge is -2.28. The molecule has 0 amide bonds. The Hall–Kier alpha value is -2.10. The van der Waals surface area contributed by atoms with Crippen molar-refractivity contribution in [2.75, 3.05) is 16.8 Å². The summed E-state index contributed by atoms with van der Waals surface area (Å²) in [5.74, 6) is 1.88. The fourth-order valence-electron chi connectivity index (χ4n) is 2.50. The summed E-state index contributed by atoms with van der Waals surface area (Å²) in [6.07, 6.45) is 5.30. The van der Waals surface area contributed by atoms with Gasteiger partial charge in [0.15, 0.2) is 0 Å². The molecule has 0 saturated heterocycles. The molecule has 1 heterocycles. The van der Waals surface area contributed by atoms with Gasteiger partial charge in [0.2, 0.25) is 0 Å². The van der Waals surface area contributed by atoms with E-state index in [0.29, 0.717) is 6.04 Å². The molecule has 0 aliphatic carbocycles. The van der Waals surface area contributed by atoms with E-state index in [4.69, 9.17) is 0 Å². The van der Waals surface area contributed by atoms with Gasteiger partial charge >= 0.3 is 0 Å². The zero-order valence-corrected chi connectivity index (χ0v) is 14.5. The monoisotopic (exact) mass is 312 g/mol. The molecule has 0 aliphatic heterocycles. The molecule has 1 aromatic heterocycles. The predicted octanol–water partition coefficient (Wildman–Crippen LogP) is 4.49. The molecule has 0 spiro atoms. The van der Waals surface area contributed by atoms with Gasteiger partial charge in [0.25, 0.3) is 0 Å². The van der Waals surface area contributed by atoms with Crippen molar-refractivity contribution >= 4 is 11.6 Å². The highest BCUT2D eigenvalue weighted by Crippen LogP contribution is 2.19. The molecule has 2 aromatic rings. The summed E-state index contributed by atoms with van der Waals surface area (Å²) in [6, 6.07) is 12.9. The molecule has 4 nitrogen and oxygen atoms in total. The summed E-state index contributed by atoms with van der Waals surface area (Å²) in [5.41, 5.74) is 1.29. The summed E-state index contributed by atoms with van der Waals surface area (Å²) in [6.45, 7) is 8.42. The summed E-state index contributed by atoms with van der Waals surface area (Å²) in [5, 5.41) is 3.40. The topological polar surface area (TPSA) is 41.0 Å². The van der Waals surface area contributed by atoms with Gasteiger partial charge in [-0.25, -0.2) is 9.97 Å². The van der Waals surface area contributed by atoms with Gasteiger partial charge in [0, 0.05) is 25.2 Å². The maximum atomic E-state index is 4.48. The molecule has 0 unspecified atom stereocenters. The Kier molecular flexibility index (Phi) is 6.85. The first-order chi connectivity index (χ1) is 11.2. The third-order valence-electron chi connectivity index (χ3n) is 3.85. The van der Waals surface area contributed by atoms with Crippen LogP contribution >= 0.6 is 0 Å². The van der Waals surface area contributed by atoms with Crippen LogP contribution in [0.2, 0.25) is 0 Å². The van der Waals surface area contributed by atoms with E-state index < -0.39 is 0 Å². The second-order valence-corrected chi connectivity index (χ2v) is 6.10. The first-order valence-corrected chi connectivity index (χ1v) is 8.57. The molecule has 0 radical (unpaired) electrons. The maximum absolute atomic E-state index is 4.48. The molecule has 1 aromatic carbocycles. The molecule has 124 valence electrons. The molecule has 0 aliphatic rings. The average molecular weight is 312 g/mol. The molecule has 23 heavy (non-hydrogen) atoms. The molecule has 0 atom stereocenters. The molecule has 0 fully saturated rings. The largest absolute Gasteiger partial charge is 0.370 e. The second-order valence-electron chi connectivity index (χ2n) is 6.10. The van der Waals surface area contributed by atoms with Crippen LogP contribution in [0, 0.1) is 0 Å². The maximum Gasteiger partial charge on any atom is 0.134 e. The number of benzene rings is 1. The van der Waals surface area contributed by atoms with E-state index >= 15 is 0 Å². The van der Waals surface area contributed by atoms with E-state index in [2.05, 4.69) is 71.3 Å². The zero-order valence-electron chi connectivity index (χ0n) is 14.5. The van der Waals surface area contributed by atoms with Crippen LogP contribution < -0.4 is 10.2 Å². The summed E-state index contributed by atoms with van der Waals surface area (Å²) in [7, 11) is 0. The minimum absolute atomic E-state index is 0.373. The van der Waals surface area contributed by atoms with Crippen LogP contribution in [0.4, 0.5) is 11.6 Å². The average Bonchev–Trinajstić information content (AvgIpc) is 2.57. The third kappa shape index (κ3) is 5.55. The lowest BCUT2D eigenvalue weighted by Crippen LogP contribution is -2.31. The molecule has 4 heteroatoms. The van der Waals surface area contributed by atoms with Gasteiger partial charge in [-0.1, -0.05) is 50.1 Å². The number of nitrogens with one attached hydrogen (secondary N) is 1.